The Balaban J connectivity index is 1.88. The number of hydrogen-bond acceptors (Lipinski definition) is 5. The fraction of sp³-hybridized carbons (Fsp3) is 0.500. The number of carbonyl (C=O) groups is 2. The number of rotatable bonds is 5. The molecule has 2 N–H and O–H groups in total. The van der Waals surface area contributed by atoms with Gasteiger partial charge in [0.1, 0.15) is 12.6 Å². The summed E-state index contributed by atoms with van der Waals surface area (Å²) in [5, 5.41) is 5.85. The molecule has 120 valence electrons. The molecule has 0 aromatic heterocycles. The summed E-state index contributed by atoms with van der Waals surface area (Å²) in [6.45, 7) is 0.998. The molecule has 22 heavy (non-hydrogen) atoms. The minimum Gasteiger partial charge on any atom is -0.467 e. The molecular formula is C16H22N2O4. The van der Waals surface area contributed by atoms with Crippen LogP contribution in [0.4, 0.5) is 4.79 Å². The highest BCUT2D eigenvalue weighted by Gasteiger charge is 2.32. The molecule has 1 fully saturated rings. The number of carbonyl (C=O) groups excluding carboxylic acids is 2. The maximum Gasteiger partial charge on any atom is 0.408 e. The molecule has 1 amide bonds. The smallest absolute Gasteiger partial charge is 0.408 e. The van der Waals surface area contributed by atoms with Crippen LogP contribution in [-0.4, -0.2) is 37.8 Å². The van der Waals surface area contributed by atoms with Crippen LogP contribution >= 0.6 is 0 Å². The lowest BCUT2D eigenvalue weighted by Gasteiger charge is -2.29. The summed E-state index contributed by atoms with van der Waals surface area (Å²) in [4.78, 5) is 23.8. The summed E-state index contributed by atoms with van der Waals surface area (Å²) in [6, 6.07) is 8.53. The van der Waals surface area contributed by atoms with Crippen molar-refractivity contribution >= 4 is 12.1 Å². The van der Waals surface area contributed by atoms with Crippen LogP contribution in [0.1, 0.15) is 24.8 Å². The number of piperidine rings is 1. The van der Waals surface area contributed by atoms with E-state index >= 15 is 0 Å². The molecule has 0 aliphatic carbocycles. The lowest BCUT2D eigenvalue weighted by atomic mass is 9.98. The van der Waals surface area contributed by atoms with Gasteiger partial charge >= 0.3 is 12.1 Å². The molecule has 1 aliphatic heterocycles. The van der Waals surface area contributed by atoms with Gasteiger partial charge in [0.05, 0.1) is 7.11 Å². The van der Waals surface area contributed by atoms with E-state index in [1.165, 1.54) is 7.11 Å². The van der Waals surface area contributed by atoms with Gasteiger partial charge in [-0.1, -0.05) is 36.8 Å². The Morgan fingerprint density at radius 1 is 1.32 bits per heavy atom. The zero-order chi connectivity index (χ0) is 15.8. The van der Waals surface area contributed by atoms with Crippen LogP contribution < -0.4 is 10.6 Å². The number of amides is 1. The molecule has 6 nitrogen and oxygen atoms in total. The van der Waals surface area contributed by atoms with Crippen LogP contribution in [0.3, 0.4) is 0 Å². The predicted octanol–water partition coefficient (Wildman–Crippen LogP) is 1.60. The van der Waals surface area contributed by atoms with Gasteiger partial charge in [-0.2, -0.15) is 0 Å². The van der Waals surface area contributed by atoms with Crippen molar-refractivity contribution < 1.29 is 19.1 Å². The van der Waals surface area contributed by atoms with E-state index in [-0.39, 0.29) is 12.6 Å². The number of ether oxygens (including phenoxy) is 2. The maximum absolute atomic E-state index is 11.9. The third kappa shape index (κ3) is 4.73. The number of esters is 1. The van der Waals surface area contributed by atoms with Crippen LogP contribution in [0.2, 0.25) is 0 Å². The fourth-order valence-electron chi connectivity index (χ4n) is 2.51. The second-order valence-electron chi connectivity index (χ2n) is 5.26. The number of hydrogen-bond donors (Lipinski definition) is 2. The van der Waals surface area contributed by atoms with E-state index < -0.39 is 18.1 Å². The molecule has 2 rings (SSSR count). The van der Waals surface area contributed by atoms with Crippen molar-refractivity contribution in [3.63, 3.8) is 0 Å². The van der Waals surface area contributed by atoms with Crippen LogP contribution in [-0.2, 0) is 20.9 Å². The highest BCUT2D eigenvalue weighted by Crippen LogP contribution is 2.12. The van der Waals surface area contributed by atoms with Gasteiger partial charge in [0.25, 0.3) is 0 Å². The van der Waals surface area contributed by atoms with Crippen molar-refractivity contribution in [3.05, 3.63) is 35.9 Å². The van der Waals surface area contributed by atoms with E-state index in [1.807, 2.05) is 30.3 Å². The molecule has 2 atom stereocenters. The monoisotopic (exact) mass is 306 g/mol. The topological polar surface area (TPSA) is 76.7 Å². The number of methoxy groups -OCH3 is 1. The second kappa shape index (κ2) is 8.38. The Labute approximate surface area is 130 Å². The van der Waals surface area contributed by atoms with Gasteiger partial charge in [0.15, 0.2) is 0 Å². The largest absolute Gasteiger partial charge is 0.467 e. The average Bonchev–Trinajstić information content (AvgIpc) is 2.59. The van der Waals surface area contributed by atoms with Crippen molar-refractivity contribution in [2.24, 2.45) is 0 Å². The Kier molecular flexibility index (Phi) is 6.21. The third-order valence-electron chi connectivity index (χ3n) is 3.69. The Morgan fingerprint density at radius 3 is 2.73 bits per heavy atom. The SMILES string of the molecule is COC(=O)[C@H](NC(=O)OCc1ccccc1)[C@H]1CCCCN1. The first-order chi connectivity index (χ1) is 10.7. The average molecular weight is 306 g/mol. The molecule has 1 aliphatic rings. The molecular weight excluding hydrogens is 284 g/mol. The summed E-state index contributed by atoms with van der Waals surface area (Å²) < 4.78 is 9.94. The zero-order valence-corrected chi connectivity index (χ0v) is 12.7. The first-order valence-corrected chi connectivity index (χ1v) is 7.49. The molecule has 0 saturated carbocycles. The van der Waals surface area contributed by atoms with Gasteiger partial charge in [-0.25, -0.2) is 9.59 Å². The van der Waals surface area contributed by atoms with Crippen molar-refractivity contribution in [1.29, 1.82) is 0 Å². The fourth-order valence-corrected chi connectivity index (χ4v) is 2.51. The summed E-state index contributed by atoms with van der Waals surface area (Å²) >= 11 is 0. The van der Waals surface area contributed by atoms with E-state index in [4.69, 9.17) is 9.47 Å². The van der Waals surface area contributed by atoms with E-state index in [1.54, 1.807) is 0 Å². The van der Waals surface area contributed by atoms with Crippen molar-refractivity contribution in [3.8, 4) is 0 Å². The van der Waals surface area contributed by atoms with E-state index in [0.29, 0.717) is 0 Å². The predicted molar refractivity (Wildman–Crippen MR) is 81.2 cm³/mol. The quantitative estimate of drug-likeness (QED) is 0.808. The molecule has 1 saturated heterocycles. The van der Waals surface area contributed by atoms with Crippen LogP contribution in [0, 0.1) is 0 Å². The highest BCUT2D eigenvalue weighted by molar-refractivity contribution is 5.82. The van der Waals surface area contributed by atoms with E-state index in [0.717, 1.165) is 31.4 Å². The van der Waals surface area contributed by atoms with Crippen molar-refractivity contribution in [2.45, 2.75) is 38.0 Å². The standard InChI is InChI=1S/C16H22N2O4/c1-21-15(19)14(13-9-5-6-10-17-13)18-16(20)22-11-12-7-3-2-4-8-12/h2-4,7-8,13-14,17H,5-6,9-11H2,1H3,(H,18,20)/t13-,14-/m1/s1. The number of alkyl carbamates (subject to hydrolysis) is 1. The minimum absolute atomic E-state index is 0.120. The highest BCUT2D eigenvalue weighted by atomic mass is 16.6. The summed E-state index contributed by atoms with van der Waals surface area (Å²) in [6.07, 6.45) is 2.29. The van der Waals surface area contributed by atoms with Gasteiger partial charge in [0, 0.05) is 6.04 Å². The van der Waals surface area contributed by atoms with E-state index in [2.05, 4.69) is 10.6 Å². The molecule has 0 radical (unpaired) electrons. The summed E-state index contributed by atoms with van der Waals surface area (Å²) in [7, 11) is 1.31. The first-order valence-electron chi connectivity index (χ1n) is 7.49. The molecule has 0 bridgehead atoms. The van der Waals surface area contributed by atoms with Crippen LogP contribution in [0.5, 0.6) is 0 Å². The van der Waals surface area contributed by atoms with Crippen molar-refractivity contribution in [2.75, 3.05) is 13.7 Å². The van der Waals surface area contributed by atoms with Gasteiger partial charge in [-0.05, 0) is 24.9 Å². The van der Waals surface area contributed by atoms with Gasteiger partial charge < -0.3 is 20.1 Å². The van der Waals surface area contributed by atoms with Crippen molar-refractivity contribution in [1.82, 2.24) is 10.6 Å². The molecule has 1 aromatic carbocycles. The third-order valence-corrected chi connectivity index (χ3v) is 3.69. The first kappa shape index (κ1) is 16.3. The second-order valence-corrected chi connectivity index (χ2v) is 5.26. The molecule has 0 spiro atoms. The Bertz CT molecular complexity index is 486. The maximum atomic E-state index is 11.9. The molecule has 0 unspecified atom stereocenters. The molecule has 6 heteroatoms. The van der Waals surface area contributed by atoms with Crippen LogP contribution in [0.15, 0.2) is 30.3 Å². The summed E-state index contributed by atoms with van der Waals surface area (Å²) in [5.74, 6) is -0.462. The van der Waals surface area contributed by atoms with Crippen LogP contribution in [0.25, 0.3) is 0 Å². The van der Waals surface area contributed by atoms with Gasteiger partial charge in [0.2, 0.25) is 0 Å². The Morgan fingerprint density at radius 2 is 2.09 bits per heavy atom. The number of nitrogens with one attached hydrogen (secondary N) is 2. The van der Waals surface area contributed by atoms with Gasteiger partial charge in [-0.3, -0.25) is 0 Å². The summed E-state index contributed by atoms with van der Waals surface area (Å²) in [5.41, 5.74) is 0.892. The molecule has 1 aromatic rings. The van der Waals surface area contributed by atoms with Gasteiger partial charge in [-0.15, -0.1) is 0 Å². The minimum atomic E-state index is -0.728. The normalized spacial score (nSPS) is 19.0. The lowest BCUT2D eigenvalue weighted by molar-refractivity contribution is -0.144. The number of benzene rings is 1. The Hall–Kier alpha value is -2.08. The zero-order valence-electron chi connectivity index (χ0n) is 12.7. The molecule has 1 heterocycles. The van der Waals surface area contributed by atoms with E-state index in [9.17, 15) is 9.59 Å². The lowest BCUT2D eigenvalue weighted by Crippen LogP contribution is -2.56.